The second kappa shape index (κ2) is 5.59. The molecular formula is C15H22N2O2. The summed E-state index contributed by atoms with van der Waals surface area (Å²) in [6.07, 6.45) is 4.53. The lowest BCUT2D eigenvalue weighted by molar-refractivity contribution is -0.153. The van der Waals surface area contributed by atoms with E-state index in [1.807, 2.05) is 32.9 Å². The SMILES string of the molecule is CC(C)(C)OC(=O)Cc1ccc(N2CCCC2)nc1. The Hall–Kier alpha value is -1.58. The van der Waals surface area contributed by atoms with Gasteiger partial charge in [0.05, 0.1) is 6.42 Å². The third-order valence-corrected chi connectivity index (χ3v) is 3.01. The highest BCUT2D eigenvalue weighted by atomic mass is 16.6. The molecule has 4 nitrogen and oxygen atoms in total. The number of hydrogen-bond donors (Lipinski definition) is 0. The van der Waals surface area contributed by atoms with E-state index in [1.54, 1.807) is 6.20 Å². The number of nitrogens with zero attached hydrogens (tertiary/aromatic N) is 2. The van der Waals surface area contributed by atoms with Gasteiger partial charge in [-0.2, -0.15) is 0 Å². The number of pyridine rings is 1. The van der Waals surface area contributed by atoms with Crippen LogP contribution in [0.5, 0.6) is 0 Å². The van der Waals surface area contributed by atoms with Crippen LogP contribution in [-0.2, 0) is 16.0 Å². The minimum atomic E-state index is -0.431. The second-order valence-electron chi connectivity index (χ2n) is 5.98. The molecule has 1 aromatic rings. The zero-order chi connectivity index (χ0) is 13.9. The highest BCUT2D eigenvalue weighted by Gasteiger charge is 2.17. The van der Waals surface area contributed by atoms with Crippen LogP contribution in [0.3, 0.4) is 0 Å². The predicted molar refractivity (Wildman–Crippen MR) is 75.2 cm³/mol. The molecule has 0 amide bonds. The smallest absolute Gasteiger partial charge is 0.310 e. The third-order valence-electron chi connectivity index (χ3n) is 3.01. The molecule has 0 saturated carbocycles. The quantitative estimate of drug-likeness (QED) is 0.785. The predicted octanol–water partition coefficient (Wildman–Crippen LogP) is 2.57. The maximum atomic E-state index is 11.7. The van der Waals surface area contributed by atoms with Crippen LogP contribution in [0, 0.1) is 0 Å². The van der Waals surface area contributed by atoms with Crippen molar-refractivity contribution in [2.75, 3.05) is 18.0 Å². The summed E-state index contributed by atoms with van der Waals surface area (Å²) >= 11 is 0. The van der Waals surface area contributed by atoms with E-state index in [2.05, 4.69) is 9.88 Å². The lowest BCUT2D eigenvalue weighted by Gasteiger charge is -2.19. The Balaban J connectivity index is 1.93. The van der Waals surface area contributed by atoms with E-state index in [-0.39, 0.29) is 12.4 Å². The van der Waals surface area contributed by atoms with Gasteiger partial charge in [0.25, 0.3) is 0 Å². The van der Waals surface area contributed by atoms with Gasteiger partial charge in [-0.05, 0) is 45.2 Å². The zero-order valence-electron chi connectivity index (χ0n) is 12.0. The van der Waals surface area contributed by atoms with Crippen molar-refractivity contribution in [2.45, 2.75) is 45.6 Å². The Labute approximate surface area is 114 Å². The molecule has 0 spiro atoms. The van der Waals surface area contributed by atoms with E-state index >= 15 is 0 Å². The summed E-state index contributed by atoms with van der Waals surface area (Å²) in [6.45, 7) is 7.79. The molecule has 1 aliphatic rings. The van der Waals surface area contributed by atoms with Crippen LogP contribution in [0.4, 0.5) is 5.82 Å². The minimum Gasteiger partial charge on any atom is -0.460 e. The van der Waals surface area contributed by atoms with Gasteiger partial charge in [0.15, 0.2) is 0 Å². The van der Waals surface area contributed by atoms with Gasteiger partial charge in [-0.1, -0.05) is 6.07 Å². The lowest BCUT2D eigenvalue weighted by Crippen LogP contribution is -2.25. The molecule has 19 heavy (non-hydrogen) atoms. The molecule has 0 bridgehead atoms. The molecule has 0 N–H and O–H groups in total. The van der Waals surface area contributed by atoms with Gasteiger partial charge in [-0.3, -0.25) is 4.79 Å². The molecule has 104 valence electrons. The van der Waals surface area contributed by atoms with Crippen molar-refractivity contribution in [3.8, 4) is 0 Å². The Morgan fingerprint density at radius 1 is 1.32 bits per heavy atom. The van der Waals surface area contributed by atoms with Gasteiger partial charge in [-0.25, -0.2) is 4.98 Å². The van der Waals surface area contributed by atoms with Crippen molar-refractivity contribution in [1.82, 2.24) is 4.98 Å². The van der Waals surface area contributed by atoms with Gasteiger partial charge < -0.3 is 9.64 Å². The Morgan fingerprint density at radius 3 is 2.53 bits per heavy atom. The van der Waals surface area contributed by atoms with E-state index in [9.17, 15) is 4.79 Å². The molecule has 0 aromatic carbocycles. The van der Waals surface area contributed by atoms with Crippen LogP contribution in [0.2, 0.25) is 0 Å². The molecule has 2 heterocycles. The zero-order valence-corrected chi connectivity index (χ0v) is 12.0. The first-order valence-corrected chi connectivity index (χ1v) is 6.86. The molecule has 4 heteroatoms. The van der Waals surface area contributed by atoms with E-state index in [0.29, 0.717) is 0 Å². The molecule has 1 fully saturated rings. The van der Waals surface area contributed by atoms with E-state index in [0.717, 1.165) is 24.5 Å². The highest BCUT2D eigenvalue weighted by Crippen LogP contribution is 2.18. The monoisotopic (exact) mass is 262 g/mol. The molecule has 0 radical (unpaired) electrons. The number of esters is 1. The number of rotatable bonds is 3. The molecule has 1 saturated heterocycles. The maximum Gasteiger partial charge on any atom is 0.310 e. The van der Waals surface area contributed by atoms with Crippen molar-refractivity contribution >= 4 is 11.8 Å². The molecule has 0 aliphatic carbocycles. The van der Waals surface area contributed by atoms with Crippen LogP contribution in [0.15, 0.2) is 18.3 Å². The Morgan fingerprint density at radius 2 is 2.00 bits per heavy atom. The molecule has 0 atom stereocenters. The maximum absolute atomic E-state index is 11.7. The van der Waals surface area contributed by atoms with E-state index < -0.39 is 5.60 Å². The minimum absolute atomic E-state index is 0.205. The normalized spacial score (nSPS) is 15.6. The van der Waals surface area contributed by atoms with Crippen molar-refractivity contribution < 1.29 is 9.53 Å². The summed E-state index contributed by atoms with van der Waals surface area (Å²) in [6, 6.07) is 3.95. The number of hydrogen-bond acceptors (Lipinski definition) is 4. The summed E-state index contributed by atoms with van der Waals surface area (Å²) in [5, 5.41) is 0. The average molecular weight is 262 g/mol. The number of anilines is 1. The van der Waals surface area contributed by atoms with Crippen LogP contribution < -0.4 is 4.90 Å². The average Bonchev–Trinajstić information content (AvgIpc) is 2.80. The van der Waals surface area contributed by atoms with E-state index in [4.69, 9.17) is 4.74 Å². The lowest BCUT2D eigenvalue weighted by atomic mass is 10.1. The summed E-state index contributed by atoms with van der Waals surface area (Å²) in [7, 11) is 0. The topological polar surface area (TPSA) is 42.4 Å². The standard InChI is InChI=1S/C15H22N2O2/c1-15(2,3)19-14(18)10-12-6-7-13(16-11-12)17-8-4-5-9-17/h6-7,11H,4-5,8-10H2,1-3H3. The molecular weight excluding hydrogens is 240 g/mol. The van der Waals surface area contributed by atoms with Gasteiger partial charge in [0.2, 0.25) is 0 Å². The van der Waals surface area contributed by atoms with Crippen LogP contribution in [-0.4, -0.2) is 29.6 Å². The van der Waals surface area contributed by atoms with Gasteiger partial charge in [-0.15, -0.1) is 0 Å². The van der Waals surface area contributed by atoms with Crippen LogP contribution in [0.1, 0.15) is 39.2 Å². The van der Waals surface area contributed by atoms with E-state index in [1.165, 1.54) is 12.8 Å². The molecule has 2 rings (SSSR count). The fourth-order valence-electron chi connectivity index (χ4n) is 2.20. The molecule has 1 aliphatic heterocycles. The summed E-state index contributed by atoms with van der Waals surface area (Å²) in [5.74, 6) is 0.800. The van der Waals surface area contributed by atoms with Crippen molar-refractivity contribution in [2.24, 2.45) is 0 Å². The third kappa shape index (κ3) is 4.23. The second-order valence-corrected chi connectivity index (χ2v) is 5.98. The van der Waals surface area contributed by atoms with Crippen molar-refractivity contribution in [3.05, 3.63) is 23.9 Å². The first kappa shape index (κ1) is 13.8. The Bertz CT molecular complexity index is 428. The fraction of sp³-hybridized carbons (Fsp3) is 0.600. The number of carbonyl (C=O) groups excluding carboxylic acids is 1. The largest absolute Gasteiger partial charge is 0.460 e. The first-order chi connectivity index (χ1) is 8.94. The number of aromatic nitrogens is 1. The van der Waals surface area contributed by atoms with Crippen LogP contribution in [0.25, 0.3) is 0 Å². The van der Waals surface area contributed by atoms with Crippen molar-refractivity contribution in [3.63, 3.8) is 0 Å². The molecule has 1 aromatic heterocycles. The number of ether oxygens (including phenoxy) is 1. The Kier molecular flexibility index (Phi) is 4.08. The fourth-order valence-corrected chi connectivity index (χ4v) is 2.20. The summed E-state index contributed by atoms with van der Waals surface area (Å²) in [5.41, 5.74) is 0.470. The van der Waals surface area contributed by atoms with Crippen molar-refractivity contribution in [1.29, 1.82) is 0 Å². The summed E-state index contributed by atoms with van der Waals surface area (Å²) in [4.78, 5) is 18.4. The summed E-state index contributed by atoms with van der Waals surface area (Å²) < 4.78 is 5.29. The van der Waals surface area contributed by atoms with Gasteiger partial charge >= 0.3 is 5.97 Å². The van der Waals surface area contributed by atoms with Gasteiger partial charge in [0, 0.05) is 19.3 Å². The first-order valence-electron chi connectivity index (χ1n) is 6.86. The van der Waals surface area contributed by atoms with Gasteiger partial charge in [0.1, 0.15) is 11.4 Å². The molecule has 0 unspecified atom stereocenters. The highest BCUT2D eigenvalue weighted by molar-refractivity contribution is 5.73. The van der Waals surface area contributed by atoms with Crippen LogP contribution >= 0.6 is 0 Å². The number of carbonyl (C=O) groups is 1.